The van der Waals surface area contributed by atoms with E-state index in [2.05, 4.69) is 0 Å². The third-order valence-electron chi connectivity index (χ3n) is 6.69. The quantitative estimate of drug-likeness (QED) is 0.728. The summed E-state index contributed by atoms with van der Waals surface area (Å²) in [6, 6.07) is 6.14. The lowest BCUT2D eigenvalue weighted by Crippen LogP contribution is -2.51. The van der Waals surface area contributed by atoms with Gasteiger partial charge in [-0.05, 0) is 57.6 Å². The molecule has 0 radical (unpaired) electrons. The monoisotopic (exact) mass is 433 g/mol. The molecule has 3 fully saturated rings. The van der Waals surface area contributed by atoms with Crippen LogP contribution in [0.5, 0.6) is 0 Å². The highest BCUT2D eigenvalue weighted by atomic mass is 32.2. The van der Waals surface area contributed by atoms with Crippen molar-refractivity contribution in [2.75, 3.05) is 32.7 Å². The van der Waals surface area contributed by atoms with Crippen LogP contribution < -0.4 is 0 Å². The van der Waals surface area contributed by atoms with Crippen molar-refractivity contribution in [3.05, 3.63) is 29.8 Å². The topological polar surface area (TPSA) is 78.0 Å². The van der Waals surface area contributed by atoms with E-state index in [0.717, 1.165) is 31.5 Å². The number of rotatable bonds is 4. The van der Waals surface area contributed by atoms with Gasteiger partial charge in [-0.3, -0.25) is 9.59 Å². The lowest BCUT2D eigenvalue weighted by molar-refractivity contribution is -0.141. The fourth-order valence-corrected chi connectivity index (χ4v) is 6.52. The van der Waals surface area contributed by atoms with Crippen LogP contribution in [0, 0.1) is 12.8 Å². The molecular weight excluding hydrogens is 402 g/mol. The summed E-state index contributed by atoms with van der Waals surface area (Å²) in [5, 5.41) is 0. The Morgan fingerprint density at radius 3 is 2.03 bits per heavy atom. The maximum absolute atomic E-state index is 13.2. The summed E-state index contributed by atoms with van der Waals surface area (Å²) in [6.45, 7) is 5.04. The van der Waals surface area contributed by atoms with Crippen LogP contribution >= 0.6 is 0 Å². The summed E-state index contributed by atoms with van der Waals surface area (Å²) in [7, 11) is -3.70. The molecule has 30 heavy (non-hydrogen) atoms. The number of aryl methyl sites for hydroxylation is 1. The molecule has 0 saturated carbocycles. The first kappa shape index (κ1) is 21.3. The maximum atomic E-state index is 13.2. The lowest BCUT2D eigenvalue weighted by atomic mass is 9.95. The standard InChI is InChI=1S/C22H31N3O4S/c1-17-6-8-19(9-7-17)30(28,29)25-14-4-5-20(25)22(27)24-15-10-18(11-16-24)21(26)23-12-2-3-13-23/h6-9,18,20H,2-5,10-16H2,1H3/t20-/m0/s1. The Morgan fingerprint density at radius 2 is 1.40 bits per heavy atom. The van der Waals surface area contributed by atoms with Gasteiger partial charge in [0.15, 0.2) is 0 Å². The second kappa shape index (κ2) is 8.67. The molecule has 1 aromatic rings. The van der Waals surface area contributed by atoms with Gasteiger partial charge in [0.2, 0.25) is 21.8 Å². The SMILES string of the molecule is Cc1ccc(S(=O)(=O)N2CCC[C@H]2C(=O)N2CCC(C(=O)N3CCCC3)CC2)cc1. The highest BCUT2D eigenvalue weighted by molar-refractivity contribution is 7.89. The van der Waals surface area contributed by atoms with Crippen molar-refractivity contribution in [3.63, 3.8) is 0 Å². The molecule has 4 rings (SSSR count). The summed E-state index contributed by atoms with van der Waals surface area (Å²) >= 11 is 0. The Kier molecular flexibility index (Phi) is 6.16. The van der Waals surface area contributed by atoms with Gasteiger partial charge in [-0.1, -0.05) is 17.7 Å². The van der Waals surface area contributed by atoms with E-state index >= 15 is 0 Å². The number of amides is 2. The normalized spacial score (nSPS) is 23.8. The van der Waals surface area contributed by atoms with E-state index in [-0.39, 0.29) is 22.6 Å². The van der Waals surface area contributed by atoms with Crippen LogP contribution in [0.1, 0.15) is 44.1 Å². The molecular formula is C22H31N3O4S. The van der Waals surface area contributed by atoms with E-state index in [4.69, 9.17) is 0 Å². The van der Waals surface area contributed by atoms with Crippen LogP contribution in [0.2, 0.25) is 0 Å². The third-order valence-corrected chi connectivity index (χ3v) is 8.61. The van der Waals surface area contributed by atoms with Crippen LogP contribution in [0.15, 0.2) is 29.2 Å². The average Bonchev–Trinajstić information content (AvgIpc) is 3.45. The lowest BCUT2D eigenvalue weighted by Gasteiger charge is -2.35. The number of carbonyl (C=O) groups is 2. The van der Waals surface area contributed by atoms with Crippen molar-refractivity contribution in [1.29, 1.82) is 0 Å². The predicted molar refractivity (Wildman–Crippen MR) is 113 cm³/mol. The first-order chi connectivity index (χ1) is 14.4. The molecule has 0 unspecified atom stereocenters. The van der Waals surface area contributed by atoms with Crippen molar-refractivity contribution in [2.24, 2.45) is 5.92 Å². The van der Waals surface area contributed by atoms with E-state index in [9.17, 15) is 18.0 Å². The number of nitrogens with zero attached hydrogens (tertiary/aromatic N) is 3. The summed E-state index contributed by atoms with van der Waals surface area (Å²) in [5.74, 6) is 0.0995. The molecule has 1 atom stereocenters. The summed E-state index contributed by atoms with van der Waals surface area (Å²) < 4.78 is 27.6. The van der Waals surface area contributed by atoms with Gasteiger partial charge in [-0.2, -0.15) is 4.31 Å². The molecule has 0 aromatic heterocycles. The molecule has 3 aliphatic rings. The number of benzene rings is 1. The van der Waals surface area contributed by atoms with Gasteiger partial charge in [0.1, 0.15) is 6.04 Å². The largest absolute Gasteiger partial charge is 0.342 e. The molecule has 2 amide bonds. The molecule has 3 saturated heterocycles. The number of likely N-dealkylation sites (tertiary alicyclic amines) is 2. The zero-order valence-electron chi connectivity index (χ0n) is 17.6. The highest BCUT2D eigenvalue weighted by Gasteiger charge is 2.42. The zero-order valence-corrected chi connectivity index (χ0v) is 18.4. The summed E-state index contributed by atoms with van der Waals surface area (Å²) in [4.78, 5) is 29.8. The number of sulfonamides is 1. The molecule has 0 N–H and O–H groups in total. The first-order valence-electron chi connectivity index (χ1n) is 11.0. The van der Waals surface area contributed by atoms with E-state index in [1.54, 1.807) is 29.2 Å². The molecule has 3 heterocycles. The fraction of sp³-hybridized carbons (Fsp3) is 0.636. The Balaban J connectivity index is 1.40. The molecule has 7 nitrogen and oxygen atoms in total. The molecule has 1 aromatic carbocycles. The summed E-state index contributed by atoms with van der Waals surface area (Å²) in [6.07, 6.45) is 4.73. The fourth-order valence-electron chi connectivity index (χ4n) is 4.87. The smallest absolute Gasteiger partial charge is 0.243 e. The first-order valence-corrected chi connectivity index (χ1v) is 12.5. The molecule has 0 bridgehead atoms. The minimum atomic E-state index is -3.70. The van der Waals surface area contributed by atoms with Gasteiger partial charge in [-0.15, -0.1) is 0 Å². The molecule has 0 aliphatic carbocycles. The van der Waals surface area contributed by atoms with Crippen LogP contribution in [-0.2, 0) is 19.6 Å². The van der Waals surface area contributed by atoms with Crippen molar-refractivity contribution in [2.45, 2.75) is 56.4 Å². The molecule has 8 heteroatoms. The van der Waals surface area contributed by atoms with Gasteiger partial charge in [0.05, 0.1) is 4.90 Å². The van der Waals surface area contributed by atoms with Crippen LogP contribution in [0.3, 0.4) is 0 Å². The number of hydrogen-bond donors (Lipinski definition) is 0. The highest BCUT2D eigenvalue weighted by Crippen LogP contribution is 2.29. The van der Waals surface area contributed by atoms with Gasteiger partial charge in [-0.25, -0.2) is 8.42 Å². The van der Waals surface area contributed by atoms with Gasteiger partial charge >= 0.3 is 0 Å². The third kappa shape index (κ3) is 4.12. The molecule has 3 aliphatic heterocycles. The Morgan fingerprint density at radius 1 is 0.800 bits per heavy atom. The minimum absolute atomic E-state index is 0.0110. The van der Waals surface area contributed by atoms with Gasteiger partial charge in [0, 0.05) is 38.6 Å². The minimum Gasteiger partial charge on any atom is -0.342 e. The van der Waals surface area contributed by atoms with E-state index in [0.29, 0.717) is 45.3 Å². The van der Waals surface area contributed by atoms with Crippen LogP contribution in [0.25, 0.3) is 0 Å². The summed E-state index contributed by atoms with van der Waals surface area (Å²) in [5.41, 5.74) is 0.995. The number of hydrogen-bond acceptors (Lipinski definition) is 4. The van der Waals surface area contributed by atoms with Crippen molar-refractivity contribution < 1.29 is 18.0 Å². The van der Waals surface area contributed by atoms with Crippen LogP contribution in [-0.4, -0.2) is 73.1 Å². The molecule has 164 valence electrons. The Bertz CT molecular complexity index is 885. The van der Waals surface area contributed by atoms with Crippen LogP contribution in [0.4, 0.5) is 0 Å². The van der Waals surface area contributed by atoms with E-state index in [1.807, 2.05) is 11.8 Å². The maximum Gasteiger partial charge on any atom is 0.243 e. The molecule has 0 spiro atoms. The predicted octanol–water partition coefficient (Wildman–Crippen LogP) is 2.01. The van der Waals surface area contributed by atoms with Crippen molar-refractivity contribution >= 4 is 21.8 Å². The van der Waals surface area contributed by atoms with Crippen molar-refractivity contribution in [1.82, 2.24) is 14.1 Å². The number of carbonyl (C=O) groups excluding carboxylic acids is 2. The van der Waals surface area contributed by atoms with Crippen molar-refractivity contribution in [3.8, 4) is 0 Å². The van der Waals surface area contributed by atoms with Gasteiger partial charge < -0.3 is 9.80 Å². The van der Waals surface area contributed by atoms with E-state index < -0.39 is 16.1 Å². The zero-order chi connectivity index (χ0) is 21.3. The second-order valence-corrected chi connectivity index (χ2v) is 10.6. The second-order valence-electron chi connectivity index (χ2n) is 8.72. The Hall–Kier alpha value is -1.93. The van der Waals surface area contributed by atoms with Gasteiger partial charge in [0.25, 0.3) is 0 Å². The average molecular weight is 434 g/mol. The van der Waals surface area contributed by atoms with E-state index in [1.165, 1.54) is 4.31 Å². The Labute approximate surface area is 179 Å². The number of piperidine rings is 1.